The minimum absolute atomic E-state index is 0.0231. The van der Waals surface area contributed by atoms with Crippen molar-refractivity contribution in [3.8, 4) is 5.75 Å². The number of rotatable bonds is 4. The molecule has 0 aromatic heterocycles. The fourth-order valence-corrected chi connectivity index (χ4v) is 5.08. The van der Waals surface area contributed by atoms with E-state index in [-0.39, 0.29) is 10.9 Å². The summed E-state index contributed by atoms with van der Waals surface area (Å²) >= 11 is 5.16. The molecule has 1 saturated heterocycles. The van der Waals surface area contributed by atoms with E-state index in [1.54, 1.807) is 18.2 Å². The van der Waals surface area contributed by atoms with Crippen molar-refractivity contribution >= 4 is 37.7 Å². The molecule has 1 fully saturated rings. The summed E-state index contributed by atoms with van der Waals surface area (Å²) < 4.78 is 33.4. The van der Waals surface area contributed by atoms with Crippen LogP contribution in [-0.2, 0) is 10.0 Å². The van der Waals surface area contributed by atoms with Crippen molar-refractivity contribution in [2.45, 2.75) is 23.8 Å². The Morgan fingerprint density at radius 2 is 2.05 bits per heavy atom. The normalized spacial score (nSPS) is 17.4. The standard InChI is InChI=1S/C12H16BrNO3S2/c1-17-11-3-2-9(13)8-12(11)19(15,16)14-10-4-6-18-7-5-10/h2-3,8,10,14H,4-7H2,1H3. The van der Waals surface area contributed by atoms with Gasteiger partial charge in [-0.15, -0.1) is 0 Å². The van der Waals surface area contributed by atoms with Crippen molar-refractivity contribution in [1.82, 2.24) is 4.72 Å². The average Bonchev–Trinajstić information content (AvgIpc) is 2.39. The molecule has 0 amide bonds. The summed E-state index contributed by atoms with van der Waals surface area (Å²) in [5.74, 6) is 2.37. The molecule has 1 aromatic carbocycles. The second kappa shape index (κ2) is 6.47. The summed E-state index contributed by atoms with van der Waals surface area (Å²) in [5, 5.41) is 0. The summed E-state index contributed by atoms with van der Waals surface area (Å²) in [4.78, 5) is 0.183. The molecular formula is C12H16BrNO3S2. The topological polar surface area (TPSA) is 55.4 Å². The highest BCUT2D eigenvalue weighted by atomic mass is 79.9. The van der Waals surface area contributed by atoms with Gasteiger partial charge in [0.05, 0.1) is 7.11 Å². The molecule has 0 aliphatic carbocycles. The lowest BCUT2D eigenvalue weighted by Gasteiger charge is -2.22. The Balaban J connectivity index is 2.25. The highest BCUT2D eigenvalue weighted by Crippen LogP contribution is 2.28. The van der Waals surface area contributed by atoms with Crippen molar-refractivity contribution in [1.29, 1.82) is 0 Å². The van der Waals surface area contributed by atoms with Crippen LogP contribution >= 0.6 is 27.7 Å². The van der Waals surface area contributed by atoms with Crippen LogP contribution < -0.4 is 9.46 Å². The molecule has 0 spiro atoms. The van der Waals surface area contributed by atoms with Crippen LogP contribution in [0.1, 0.15) is 12.8 Å². The van der Waals surface area contributed by atoms with Gasteiger partial charge in [-0.05, 0) is 42.5 Å². The van der Waals surface area contributed by atoms with Crippen LogP contribution in [0, 0.1) is 0 Å². The summed E-state index contributed by atoms with van der Waals surface area (Å²) in [6.07, 6.45) is 1.75. The molecule has 2 rings (SSSR count). The SMILES string of the molecule is COc1ccc(Br)cc1S(=O)(=O)NC1CCSCC1. The van der Waals surface area contributed by atoms with Crippen molar-refractivity contribution < 1.29 is 13.2 Å². The smallest absolute Gasteiger partial charge is 0.244 e. The van der Waals surface area contributed by atoms with E-state index in [1.165, 1.54) is 7.11 Å². The van der Waals surface area contributed by atoms with Crippen molar-refractivity contribution in [3.63, 3.8) is 0 Å². The van der Waals surface area contributed by atoms with Gasteiger partial charge in [0.2, 0.25) is 10.0 Å². The molecule has 7 heteroatoms. The largest absolute Gasteiger partial charge is 0.495 e. The number of halogens is 1. The van der Waals surface area contributed by atoms with Crippen LogP contribution in [0.3, 0.4) is 0 Å². The van der Waals surface area contributed by atoms with Crippen molar-refractivity contribution in [2.24, 2.45) is 0 Å². The van der Waals surface area contributed by atoms with Crippen LogP contribution in [0.25, 0.3) is 0 Å². The Morgan fingerprint density at radius 1 is 1.37 bits per heavy atom. The third-order valence-electron chi connectivity index (χ3n) is 2.96. The van der Waals surface area contributed by atoms with Gasteiger partial charge >= 0.3 is 0 Å². The number of thioether (sulfide) groups is 1. The number of ether oxygens (including phenoxy) is 1. The Bertz CT molecular complexity index is 542. The molecule has 0 atom stereocenters. The maximum atomic E-state index is 12.4. The highest BCUT2D eigenvalue weighted by molar-refractivity contribution is 9.10. The van der Waals surface area contributed by atoms with Gasteiger partial charge in [0.1, 0.15) is 10.6 Å². The summed E-state index contributed by atoms with van der Waals surface area (Å²) in [6, 6.07) is 5.00. The monoisotopic (exact) mass is 365 g/mol. The third kappa shape index (κ3) is 3.87. The van der Waals surface area contributed by atoms with E-state index in [0.717, 1.165) is 24.3 Å². The second-order valence-corrected chi connectivity index (χ2v) is 8.13. The fourth-order valence-electron chi connectivity index (χ4n) is 1.96. The third-order valence-corrected chi connectivity index (χ3v) is 6.04. The van der Waals surface area contributed by atoms with Crippen LogP contribution in [0.4, 0.5) is 0 Å². The van der Waals surface area contributed by atoms with E-state index < -0.39 is 10.0 Å². The molecule has 1 N–H and O–H groups in total. The highest BCUT2D eigenvalue weighted by Gasteiger charge is 2.25. The molecule has 19 heavy (non-hydrogen) atoms. The molecule has 0 radical (unpaired) electrons. The zero-order chi connectivity index (χ0) is 13.9. The van der Waals surface area contributed by atoms with Gasteiger partial charge in [-0.3, -0.25) is 0 Å². The van der Waals surface area contributed by atoms with Crippen LogP contribution in [0.15, 0.2) is 27.6 Å². The summed E-state index contributed by atoms with van der Waals surface area (Å²) in [7, 11) is -2.07. The molecule has 1 aliphatic heterocycles. The first-order valence-corrected chi connectivity index (χ1v) is 9.39. The number of hydrogen-bond donors (Lipinski definition) is 1. The molecule has 1 aliphatic rings. The Hall–Kier alpha value is -0.240. The number of nitrogens with one attached hydrogen (secondary N) is 1. The molecule has 1 heterocycles. The predicted molar refractivity (Wildman–Crippen MR) is 81.4 cm³/mol. The van der Waals surface area contributed by atoms with E-state index in [1.807, 2.05) is 11.8 Å². The van der Waals surface area contributed by atoms with E-state index in [4.69, 9.17) is 4.74 Å². The van der Waals surface area contributed by atoms with Crippen molar-refractivity contribution in [3.05, 3.63) is 22.7 Å². The molecule has 0 saturated carbocycles. The first-order valence-electron chi connectivity index (χ1n) is 5.96. The van der Waals surface area contributed by atoms with E-state index in [9.17, 15) is 8.42 Å². The van der Waals surface area contributed by atoms with Gasteiger partial charge in [-0.2, -0.15) is 11.8 Å². The molecule has 0 bridgehead atoms. The summed E-state index contributed by atoms with van der Waals surface area (Å²) in [6.45, 7) is 0. The van der Waals surface area contributed by atoms with E-state index in [2.05, 4.69) is 20.7 Å². The maximum Gasteiger partial charge on any atom is 0.244 e. The van der Waals surface area contributed by atoms with Gasteiger partial charge in [0, 0.05) is 10.5 Å². The van der Waals surface area contributed by atoms with Gasteiger partial charge in [-0.1, -0.05) is 15.9 Å². The van der Waals surface area contributed by atoms with Crippen LogP contribution in [0.5, 0.6) is 5.75 Å². The van der Waals surface area contributed by atoms with Gasteiger partial charge in [-0.25, -0.2) is 13.1 Å². The van der Waals surface area contributed by atoms with Crippen molar-refractivity contribution in [2.75, 3.05) is 18.6 Å². The summed E-state index contributed by atoms with van der Waals surface area (Å²) in [5.41, 5.74) is 0. The molecule has 1 aromatic rings. The Labute approximate surface area is 126 Å². The zero-order valence-electron chi connectivity index (χ0n) is 10.6. The number of hydrogen-bond acceptors (Lipinski definition) is 4. The minimum atomic E-state index is -3.54. The molecular weight excluding hydrogens is 350 g/mol. The lowest BCUT2D eigenvalue weighted by molar-refractivity contribution is 0.401. The molecule has 4 nitrogen and oxygen atoms in total. The lowest BCUT2D eigenvalue weighted by Crippen LogP contribution is -2.37. The van der Waals surface area contributed by atoms with Gasteiger partial charge in [0.25, 0.3) is 0 Å². The first kappa shape index (κ1) is 15.2. The second-order valence-electron chi connectivity index (χ2n) is 4.30. The Kier molecular flexibility index (Phi) is 5.16. The fraction of sp³-hybridized carbons (Fsp3) is 0.500. The maximum absolute atomic E-state index is 12.4. The van der Waals surface area contributed by atoms with Crippen LogP contribution in [0.2, 0.25) is 0 Å². The number of sulfonamides is 1. The van der Waals surface area contributed by atoms with Crippen LogP contribution in [-0.4, -0.2) is 33.1 Å². The zero-order valence-corrected chi connectivity index (χ0v) is 13.8. The van der Waals surface area contributed by atoms with Gasteiger partial charge in [0.15, 0.2) is 0 Å². The van der Waals surface area contributed by atoms with E-state index in [0.29, 0.717) is 10.2 Å². The molecule has 0 unspecified atom stereocenters. The number of methoxy groups -OCH3 is 1. The lowest BCUT2D eigenvalue weighted by atomic mass is 10.2. The molecule has 106 valence electrons. The average molecular weight is 366 g/mol. The first-order chi connectivity index (χ1) is 9.03. The minimum Gasteiger partial charge on any atom is -0.495 e. The predicted octanol–water partition coefficient (Wildman–Crippen LogP) is 2.63. The number of benzene rings is 1. The van der Waals surface area contributed by atoms with Gasteiger partial charge < -0.3 is 4.74 Å². The quantitative estimate of drug-likeness (QED) is 0.890. The Morgan fingerprint density at radius 3 is 2.68 bits per heavy atom. The van der Waals surface area contributed by atoms with E-state index >= 15 is 0 Å².